The predicted octanol–water partition coefficient (Wildman–Crippen LogP) is 5.89. The Kier molecular flexibility index (Phi) is 4.16. The lowest BCUT2D eigenvalue weighted by atomic mass is 9.86. The number of allylic oxidation sites excluding steroid dienone is 6. The zero-order valence-corrected chi connectivity index (χ0v) is 12.4. The van der Waals surface area contributed by atoms with Crippen LogP contribution < -0.4 is 0 Å². The Morgan fingerprint density at radius 3 is 2.00 bits per heavy atom. The fourth-order valence-electron chi connectivity index (χ4n) is 2.89. The van der Waals surface area contributed by atoms with Crippen LogP contribution in [-0.2, 0) is 0 Å². The van der Waals surface area contributed by atoms with Gasteiger partial charge in [-0.1, -0.05) is 78.9 Å². The largest absolute Gasteiger partial charge is 0.0842 e. The summed E-state index contributed by atoms with van der Waals surface area (Å²) in [5, 5.41) is 0. The molecule has 0 radical (unpaired) electrons. The van der Waals surface area contributed by atoms with Gasteiger partial charge in [0, 0.05) is 0 Å². The lowest BCUT2D eigenvalue weighted by molar-refractivity contribution is 0.996. The molecule has 0 unspecified atom stereocenters. The Morgan fingerprint density at radius 1 is 0.810 bits per heavy atom. The van der Waals surface area contributed by atoms with Crippen LogP contribution in [0.15, 0.2) is 84.5 Å². The smallest absolute Gasteiger partial charge is 0.0117 e. The first kappa shape index (κ1) is 13.6. The minimum Gasteiger partial charge on any atom is -0.0842 e. The predicted molar refractivity (Wildman–Crippen MR) is 91.8 cm³/mol. The average molecular weight is 272 g/mol. The van der Waals surface area contributed by atoms with Crippen LogP contribution in [0.4, 0.5) is 0 Å². The Balaban J connectivity index is 2.17. The van der Waals surface area contributed by atoms with Crippen molar-refractivity contribution in [2.45, 2.75) is 19.8 Å². The van der Waals surface area contributed by atoms with Crippen molar-refractivity contribution in [2.24, 2.45) is 0 Å². The zero-order chi connectivity index (χ0) is 14.5. The van der Waals surface area contributed by atoms with Crippen molar-refractivity contribution in [1.82, 2.24) is 0 Å². The van der Waals surface area contributed by atoms with Gasteiger partial charge in [0.15, 0.2) is 0 Å². The SMILES string of the molecule is C/C(=C(/C1=CC=CCC1)c1ccccc1)c1ccccc1. The van der Waals surface area contributed by atoms with E-state index in [9.17, 15) is 0 Å². The molecule has 0 atom stereocenters. The molecule has 21 heavy (non-hydrogen) atoms. The topological polar surface area (TPSA) is 0 Å². The van der Waals surface area contributed by atoms with Crippen LogP contribution in [0.3, 0.4) is 0 Å². The molecule has 104 valence electrons. The third kappa shape index (κ3) is 3.05. The van der Waals surface area contributed by atoms with E-state index in [0.29, 0.717) is 0 Å². The van der Waals surface area contributed by atoms with Crippen molar-refractivity contribution in [2.75, 3.05) is 0 Å². The molecule has 1 aliphatic carbocycles. The summed E-state index contributed by atoms with van der Waals surface area (Å²) in [7, 11) is 0. The van der Waals surface area contributed by atoms with Crippen LogP contribution in [0.2, 0.25) is 0 Å². The summed E-state index contributed by atoms with van der Waals surface area (Å²) in [5.74, 6) is 0. The summed E-state index contributed by atoms with van der Waals surface area (Å²) in [5.41, 5.74) is 6.77. The van der Waals surface area contributed by atoms with Crippen LogP contribution >= 0.6 is 0 Å². The van der Waals surface area contributed by atoms with E-state index in [-0.39, 0.29) is 0 Å². The van der Waals surface area contributed by atoms with E-state index >= 15 is 0 Å². The summed E-state index contributed by atoms with van der Waals surface area (Å²) in [4.78, 5) is 0. The minimum atomic E-state index is 1.12. The summed E-state index contributed by atoms with van der Waals surface area (Å²) >= 11 is 0. The molecular weight excluding hydrogens is 252 g/mol. The van der Waals surface area contributed by atoms with Crippen LogP contribution in [0.5, 0.6) is 0 Å². The highest BCUT2D eigenvalue weighted by molar-refractivity contribution is 5.97. The fraction of sp³-hybridized carbons (Fsp3) is 0.143. The summed E-state index contributed by atoms with van der Waals surface area (Å²) in [6, 6.07) is 21.4. The highest BCUT2D eigenvalue weighted by Crippen LogP contribution is 2.35. The van der Waals surface area contributed by atoms with Gasteiger partial charge in [-0.3, -0.25) is 0 Å². The van der Waals surface area contributed by atoms with E-state index in [1.807, 2.05) is 0 Å². The molecule has 1 aliphatic rings. The molecule has 0 nitrogen and oxygen atoms in total. The van der Waals surface area contributed by atoms with Gasteiger partial charge in [-0.15, -0.1) is 0 Å². The van der Waals surface area contributed by atoms with Crippen molar-refractivity contribution in [3.05, 3.63) is 95.6 Å². The van der Waals surface area contributed by atoms with Gasteiger partial charge in [0.1, 0.15) is 0 Å². The van der Waals surface area contributed by atoms with Gasteiger partial charge in [0.05, 0.1) is 0 Å². The second kappa shape index (κ2) is 6.41. The highest BCUT2D eigenvalue weighted by Gasteiger charge is 2.13. The van der Waals surface area contributed by atoms with E-state index < -0.39 is 0 Å². The van der Waals surface area contributed by atoms with Crippen LogP contribution in [0.25, 0.3) is 11.1 Å². The summed E-state index contributed by atoms with van der Waals surface area (Å²) in [6.07, 6.45) is 8.93. The highest BCUT2D eigenvalue weighted by atomic mass is 14.2. The zero-order valence-electron chi connectivity index (χ0n) is 12.4. The van der Waals surface area contributed by atoms with Gasteiger partial charge in [-0.25, -0.2) is 0 Å². The maximum Gasteiger partial charge on any atom is -0.0117 e. The monoisotopic (exact) mass is 272 g/mol. The van der Waals surface area contributed by atoms with Gasteiger partial charge < -0.3 is 0 Å². The third-order valence-corrected chi connectivity index (χ3v) is 3.98. The molecule has 0 saturated heterocycles. The summed E-state index contributed by atoms with van der Waals surface area (Å²) in [6.45, 7) is 2.23. The number of hydrogen-bond donors (Lipinski definition) is 0. The second-order valence-corrected chi connectivity index (χ2v) is 5.39. The molecule has 0 spiro atoms. The Labute approximate surface area is 127 Å². The first-order valence-electron chi connectivity index (χ1n) is 7.54. The van der Waals surface area contributed by atoms with Crippen molar-refractivity contribution in [3.63, 3.8) is 0 Å². The van der Waals surface area contributed by atoms with Crippen LogP contribution in [0, 0.1) is 0 Å². The maximum atomic E-state index is 2.26. The molecule has 0 amide bonds. The molecule has 2 aromatic rings. The Hall–Kier alpha value is -2.34. The standard InChI is InChI=1S/C21H20/c1-17(18-11-5-2-6-12-18)21(19-13-7-3-8-14-19)20-15-9-4-10-16-20/h2-9,11-15H,10,16H2,1H3/b21-17-. The van der Waals surface area contributed by atoms with Gasteiger partial charge >= 0.3 is 0 Å². The lowest BCUT2D eigenvalue weighted by Crippen LogP contribution is -1.96. The Bertz CT molecular complexity index is 685. The van der Waals surface area contributed by atoms with E-state index in [4.69, 9.17) is 0 Å². The van der Waals surface area contributed by atoms with Crippen LogP contribution in [0.1, 0.15) is 30.9 Å². The number of rotatable bonds is 3. The van der Waals surface area contributed by atoms with Crippen molar-refractivity contribution < 1.29 is 0 Å². The average Bonchev–Trinajstić information content (AvgIpc) is 2.58. The molecule has 0 aromatic heterocycles. The van der Waals surface area contributed by atoms with E-state index in [0.717, 1.165) is 12.8 Å². The summed E-state index contributed by atoms with van der Waals surface area (Å²) < 4.78 is 0. The van der Waals surface area contributed by atoms with E-state index in [1.54, 1.807) is 0 Å². The number of hydrogen-bond acceptors (Lipinski definition) is 0. The second-order valence-electron chi connectivity index (χ2n) is 5.39. The van der Waals surface area contributed by atoms with Gasteiger partial charge in [-0.05, 0) is 47.6 Å². The fourth-order valence-corrected chi connectivity index (χ4v) is 2.89. The van der Waals surface area contributed by atoms with Crippen LogP contribution in [-0.4, -0.2) is 0 Å². The normalized spacial score (nSPS) is 15.4. The first-order chi connectivity index (χ1) is 10.4. The molecule has 0 bridgehead atoms. The molecule has 0 N–H and O–H groups in total. The number of benzene rings is 2. The van der Waals surface area contributed by atoms with Crippen molar-refractivity contribution >= 4 is 11.1 Å². The minimum absolute atomic E-state index is 1.12. The van der Waals surface area contributed by atoms with E-state index in [1.165, 1.54) is 27.8 Å². The first-order valence-corrected chi connectivity index (χ1v) is 7.54. The van der Waals surface area contributed by atoms with E-state index in [2.05, 4.69) is 85.8 Å². The van der Waals surface area contributed by atoms with Crippen molar-refractivity contribution in [3.8, 4) is 0 Å². The molecule has 2 aromatic carbocycles. The molecule has 0 saturated carbocycles. The lowest BCUT2D eigenvalue weighted by Gasteiger charge is -2.18. The molecule has 3 rings (SSSR count). The molecule has 0 heterocycles. The third-order valence-electron chi connectivity index (χ3n) is 3.98. The van der Waals surface area contributed by atoms with Gasteiger partial charge in [0.2, 0.25) is 0 Å². The Morgan fingerprint density at radius 2 is 1.43 bits per heavy atom. The van der Waals surface area contributed by atoms with Gasteiger partial charge in [0.25, 0.3) is 0 Å². The molecule has 0 aliphatic heterocycles. The molecular formula is C21H20. The van der Waals surface area contributed by atoms with Crippen molar-refractivity contribution in [1.29, 1.82) is 0 Å². The quantitative estimate of drug-likeness (QED) is 0.611. The molecule has 0 heteroatoms. The maximum absolute atomic E-state index is 2.26. The van der Waals surface area contributed by atoms with Gasteiger partial charge in [-0.2, -0.15) is 0 Å². The molecule has 0 fully saturated rings.